The third-order valence-corrected chi connectivity index (χ3v) is 5.07. The Labute approximate surface area is 149 Å². The molecule has 3 amide bonds. The van der Waals surface area contributed by atoms with Gasteiger partial charge in [0.2, 0.25) is 5.91 Å². The molecule has 3 rings (SSSR count). The van der Waals surface area contributed by atoms with Crippen molar-refractivity contribution in [3.8, 4) is 0 Å². The van der Waals surface area contributed by atoms with Crippen molar-refractivity contribution in [2.24, 2.45) is 5.92 Å². The Bertz CT molecular complexity index is 578. The van der Waals surface area contributed by atoms with Crippen LogP contribution in [0.3, 0.4) is 0 Å². The van der Waals surface area contributed by atoms with Crippen molar-refractivity contribution in [2.75, 3.05) is 45.8 Å². The molecule has 2 aliphatic rings. The molecule has 0 spiro atoms. The molecule has 136 valence electrons. The number of carbonyl (C=O) groups is 2. The lowest BCUT2D eigenvalue weighted by molar-refractivity contribution is -0.120. The van der Waals surface area contributed by atoms with Gasteiger partial charge < -0.3 is 20.4 Å². The van der Waals surface area contributed by atoms with Gasteiger partial charge in [0.15, 0.2) is 0 Å². The molecule has 1 aromatic carbocycles. The summed E-state index contributed by atoms with van der Waals surface area (Å²) in [6.07, 6.45) is 2.61. The van der Waals surface area contributed by atoms with Crippen LogP contribution in [0.1, 0.15) is 18.4 Å². The Balaban J connectivity index is 1.35. The first-order chi connectivity index (χ1) is 12.2. The average molecular weight is 344 g/mol. The normalized spacial score (nSPS) is 21.7. The molecule has 2 saturated heterocycles. The fourth-order valence-corrected chi connectivity index (χ4v) is 3.53. The van der Waals surface area contributed by atoms with Crippen LogP contribution in [0.5, 0.6) is 0 Å². The number of nitrogens with zero attached hydrogens (tertiary/aromatic N) is 2. The highest BCUT2D eigenvalue weighted by molar-refractivity contribution is 5.79. The van der Waals surface area contributed by atoms with Gasteiger partial charge in [-0.1, -0.05) is 30.3 Å². The Morgan fingerprint density at radius 3 is 2.88 bits per heavy atom. The van der Waals surface area contributed by atoms with Crippen molar-refractivity contribution in [1.29, 1.82) is 0 Å². The quantitative estimate of drug-likeness (QED) is 0.840. The molecule has 2 aliphatic heterocycles. The molecule has 2 N–H and O–H groups in total. The lowest BCUT2D eigenvalue weighted by atomic mass is 10.1. The van der Waals surface area contributed by atoms with Gasteiger partial charge in [0.25, 0.3) is 0 Å². The zero-order valence-electron chi connectivity index (χ0n) is 14.7. The minimum Gasteiger partial charge on any atom is -0.354 e. The number of likely N-dealkylation sites (tertiary alicyclic amines) is 1. The molecule has 0 aromatic heterocycles. The first kappa shape index (κ1) is 17.7. The molecule has 0 bridgehead atoms. The smallest absolute Gasteiger partial charge is 0.317 e. The summed E-state index contributed by atoms with van der Waals surface area (Å²) in [6, 6.07) is 10.5. The van der Waals surface area contributed by atoms with E-state index in [0.717, 1.165) is 39.0 Å². The van der Waals surface area contributed by atoms with Gasteiger partial charge >= 0.3 is 6.03 Å². The molecule has 2 fully saturated rings. The van der Waals surface area contributed by atoms with Crippen LogP contribution in [0.15, 0.2) is 30.3 Å². The molecular weight excluding hydrogens is 316 g/mol. The predicted molar refractivity (Wildman–Crippen MR) is 97.3 cm³/mol. The van der Waals surface area contributed by atoms with E-state index < -0.39 is 0 Å². The first-order valence-corrected chi connectivity index (χ1v) is 9.26. The Hall–Kier alpha value is -2.08. The topological polar surface area (TPSA) is 64.7 Å². The number of hydrogen-bond acceptors (Lipinski definition) is 3. The Morgan fingerprint density at radius 1 is 1.20 bits per heavy atom. The molecular formula is C19H28N4O2. The monoisotopic (exact) mass is 344 g/mol. The molecule has 25 heavy (non-hydrogen) atoms. The standard InChI is InChI=1S/C19H28N4O2/c24-18-8-12-23(13-9-20-18)19(25)21-14-17-7-11-22(15-17)10-6-16-4-2-1-3-5-16/h1-5,17H,6-15H2,(H,20,24)(H,21,25)/t17-/m0/s1. The van der Waals surface area contributed by atoms with Gasteiger partial charge in [0.1, 0.15) is 0 Å². The zero-order valence-corrected chi connectivity index (χ0v) is 14.7. The summed E-state index contributed by atoms with van der Waals surface area (Å²) in [4.78, 5) is 27.8. The van der Waals surface area contributed by atoms with Gasteiger partial charge in [-0.25, -0.2) is 4.79 Å². The Kier molecular flexibility index (Phi) is 6.28. The number of hydrogen-bond donors (Lipinski definition) is 2. The highest BCUT2D eigenvalue weighted by Gasteiger charge is 2.24. The summed E-state index contributed by atoms with van der Waals surface area (Å²) in [5, 5.41) is 5.85. The molecule has 6 heteroatoms. The van der Waals surface area contributed by atoms with E-state index in [0.29, 0.717) is 32.0 Å². The van der Waals surface area contributed by atoms with E-state index >= 15 is 0 Å². The summed E-state index contributed by atoms with van der Waals surface area (Å²) in [5.74, 6) is 0.548. The van der Waals surface area contributed by atoms with E-state index in [-0.39, 0.29) is 11.9 Å². The molecule has 0 radical (unpaired) electrons. The van der Waals surface area contributed by atoms with Crippen LogP contribution in [0, 0.1) is 5.92 Å². The highest BCUT2D eigenvalue weighted by atomic mass is 16.2. The van der Waals surface area contributed by atoms with Crippen LogP contribution in [-0.2, 0) is 11.2 Å². The van der Waals surface area contributed by atoms with Crippen molar-refractivity contribution in [3.05, 3.63) is 35.9 Å². The number of benzene rings is 1. The van der Waals surface area contributed by atoms with Crippen LogP contribution in [0.25, 0.3) is 0 Å². The fraction of sp³-hybridized carbons (Fsp3) is 0.579. The maximum absolute atomic E-state index is 12.3. The van der Waals surface area contributed by atoms with Crippen molar-refractivity contribution < 1.29 is 9.59 Å². The SMILES string of the molecule is O=C1CCN(C(=O)NC[C@@H]2CCN(CCc3ccccc3)C2)CCN1. The van der Waals surface area contributed by atoms with Gasteiger partial charge in [0, 0.05) is 45.7 Å². The van der Waals surface area contributed by atoms with Gasteiger partial charge in [0.05, 0.1) is 0 Å². The number of nitrogens with one attached hydrogen (secondary N) is 2. The summed E-state index contributed by atoms with van der Waals surface area (Å²) in [5.41, 5.74) is 1.38. The van der Waals surface area contributed by atoms with E-state index in [9.17, 15) is 9.59 Å². The number of rotatable bonds is 5. The lowest BCUT2D eigenvalue weighted by Gasteiger charge is -2.21. The molecule has 0 unspecified atom stereocenters. The third-order valence-electron chi connectivity index (χ3n) is 5.07. The van der Waals surface area contributed by atoms with E-state index in [1.165, 1.54) is 5.56 Å². The average Bonchev–Trinajstić information content (AvgIpc) is 2.98. The number of carbonyl (C=O) groups excluding carboxylic acids is 2. The van der Waals surface area contributed by atoms with Crippen LogP contribution in [0.2, 0.25) is 0 Å². The van der Waals surface area contributed by atoms with E-state index in [1.54, 1.807) is 4.90 Å². The van der Waals surface area contributed by atoms with Gasteiger partial charge in [-0.3, -0.25) is 4.79 Å². The molecule has 2 heterocycles. The largest absolute Gasteiger partial charge is 0.354 e. The summed E-state index contributed by atoms with van der Waals surface area (Å²) in [7, 11) is 0. The first-order valence-electron chi connectivity index (χ1n) is 9.26. The molecule has 1 aromatic rings. The molecule has 0 saturated carbocycles. The van der Waals surface area contributed by atoms with Crippen molar-refractivity contribution in [1.82, 2.24) is 20.4 Å². The molecule has 1 atom stereocenters. The van der Waals surface area contributed by atoms with Crippen LogP contribution >= 0.6 is 0 Å². The van der Waals surface area contributed by atoms with Crippen molar-refractivity contribution in [2.45, 2.75) is 19.3 Å². The zero-order chi connectivity index (χ0) is 17.5. The summed E-state index contributed by atoms with van der Waals surface area (Å²) in [6.45, 7) is 5.59. The number of amides is 3. The second kappa shape index (κ2) is 8.85. The minimum atomic E-state index is -0.0424. The highest BCUT2D eigenvalue weighted by Crippen LogP contribution is 2.16. The summed E-state index contributed by atoms with van der Waals surface area (Å²) >= 11 is 0. The fourth-order valence-electron chi connectivity index (χ4n) is 3.53. The minimum absolute atomic E-state index is 0.0279. The van der Waals surface area contributed by atoms with Gasteiger partial charge in [-0.15, -0.1) is 0 Å². The van der Waals surface area contributed by atoms with Gasteiger partial charge in [-0.2, -0.15) is 0 Å². The van der Waals surface area contributed by atoms with E-state index in [4.69, 9.17) is 0 Å². The predicted octanol–water partition coefficient (Wildman–Crippen LogP) is 1.08. The summed E-state index contributed by atoms with van der Waals surface area (Å²) < 4.78 is 0. The van der Waals surface area contributed by atoms with Crippen LogP contribution in [-0.4, -0.2) is 67.6 Å². The number of urea groups is 1. The van der Waals surface area contributed by atoms with Crippen LogP contribution < -0.4 is 10.6 Å². The third kappa shape index (κ3) is 5.46. The van der Waals surface area contributed by atoms with Crippen molar-refractivity contribution in [3.63, 3.8) is 0 Å². The van der Waals surface area contributed by atoms with Crippen LogP contribution in [0.4, 0.5) is 4.79 Å². The van der Waals surface area contributed by atoms with Gasteiger partial charge in [-0.05, 0) is 30.9 Å². The molecule has 0 aliphatic carbocycles. The second-order valence-electron chi connectivity index (χ2n) is 6.96. The van der Waals surface area contributed by atoms with Crippen molar-refractivity contribution >= 4 is 11.9 Å². The lowest BCUT2D eigenvalue weighted by Crippen LogP contribution is -2.43. The second-order valence-corrected chi connectivity index (χ2v) is 6.96. The Morgan fingerprint density at radius 2 is 2.04 bits per heavy atom. The maximum atomic E-state index is 12.3. The van der Waals surface area contributed by atoms with E-state index in [2.05, 4.69) is 39.8 Å². The molecule has 6 nitrogen and oxygen atoms in total. The van der Waals surface area contributed by atoms with E-state index in [1.807, 2.05) is 6.07 Å². The maximum Gasteiger partial charge on any atom is 0.317 e.